The molecule has 2 fully saturated rings. The molecule has 13 heteroatoms. The number of nitrogens with zero attached hydrogens (tertiary/aromatic N) is 3. The minimum absolute atomic E-state index is 0.0593. The summed E-state index contributed by atoms with van der Waals surface area (Å²) >= 11 is 0. The Kier molecular flexibility index (Phi) is 9.49. The molecular formula is C35H39N5O7S. The summed E-state index contributed by atoms with van der Waals surface area (Å²) in [4.78, 5) is 52.2. The second kappa shape index (κ2) is 13.8. The summed E-state index contributed by atoms with van der Waals surface area (Å²) in [5, 5.41) is 2.90. The molecule has 2 aliphatic carbocycles. The van der Waals surface area contributed by atoms with Gasteiger partial charge in [0.1, 0.15) is 11.6 Å². The van der Waals surface area contributed by atoms with E-state index < -0.39 is 51.2 Å². The Morgan fingerprint density at radius 2 is 1.67 bits per heavy atom. The van der Waals surface area contributed by atoms with Crippen molar-refractivity contribution in [1.82, 2.24) is 24.9 Å². The number of amides is 3. The van der Waals surface area contributed by atoms with Crippen molar-refractivity contribution in [2.24, 2.45) is 17.8 Å². The van der Waals surface area contributed by atoms with Crippen molar-refractivity contribution in [1.29, 1.82) is 0 Å². The Balaban J connectivity index is 1.26. The standard InChI is InChI=1S/C35H39N5O7S/c1-40-18-12-4-3-9-15-24-22-35(24,34(43)39-48(44,45)26-16-10-6-11-17-26)38-32(41)27-19-25(20-28(27)33(40)42)47-30-21-29(46-2)36-31(37-30)23-13-7-5-8-14-23/h5-11,13-17,21,24-25,27-28H,3-4,12,18-20,22H2,1-2H3,(H,38,41)(H,39,43)/t24-,25-,27-,28-,35-/m1/s1. The van der Waals surface area contributed by atoms with Gasteiger partial charge >= 0.3 is 0 Å². The molecule has 3 aliphatic rings. The van der Waals surface area contributed by atoms with Crippen molar-refractivity contribution in [3.05, 3.63) is 78.9 Å². The van der Waals surface area contributed by atoms with Gasteiger partial charge in [0.15, 0.2) is 5.82 Å². The van der Waals surface area contributed by atoms with Crippen LogP contribution in [-0.4, -0.2) is 73.4 Å². The van der Waals surface area contributed by atoms with Gasteiger partial charge in [0, 0.05) is 25.1 Å². The molecule has 2 saturated carbocycles. The Labute approximate surface area is 280 Å². The van der Waals surface area contributed by atoms with E-state index in [9.17, 15) is 22.8 Å². The molecule has 252 valence electrons. The maximum absolute atomic E-state index is 14.1. The topological polar surface area (TPSA) is 157 Å². The van der Waals surface area contributed by atoms with E-state index in [0.717, 1.165) is 24.8 Å². The summed E-state index contributed by atoms with van der Waals surface area (Å²) in [6, 6.07) is 18.5. The molecule has 6 rings (SSSR count). The summed E-state index contributed by atoms with van der Waals surface area (Å²) in [5.74, 6) is -2.50. The molecule has 2 N–H and O–H groups in total. The largest absolute Gasteiger partial charge is 0.481 e. The maximum atomic E-state index is 14.1. The van der Waals surface area contributed by atoms with Crippen LogP contribution < -0.4 is 19.5 Å². The fourth-order valence-electron chi connectivity index (χ4n) is 6.54. The van der Waals surface area contributed by atoms with Gasteiger partial charge in [-0.25, -0.2) is 13.1 Å². The van der Waals surface area contributed by atoms with Crippen molar-refractivity contribution in [3.8, 4) is 23.1 Å². The molecule has 0 radical (unpaired) electrons. The molecule has 0 bridgehead atoms. The fourth-order valence-corrected chi connectivity index (χ4v) is 7.60. The Bertz CT molecular complexity index is 1800. The van der Waals surface area contributed by atoms with Crippen LogP contribution in [0.25, 0.3) is 11.4 Å². The van der Waals surface area contributed by atoms with Crippen molar-refractivity contribution < 1.29 is 32.3 Å². The normalized spacial score (nSPS) is 26.0. The summed E-state index contributed by atoms with van der Waals surface area (Å²) in [6.45, 7) is 0.541. The second-order valence-electron chi connectivity index (χ2n) is 12.6. The van der Waals surface area contributed by atoms with E-state index in [2.05, 4.69) is 20.0 Å². The van der Waals surface area contributed by atoms with Crippen LogP contribution in [0.5, 0.6) is 11.8 Å². The highest BCUT2D eigenvalue weighted by Gasteiger charge is 2.61. The number of ether oxygens (including phenoxy) is 2. The lowest BCUT2D eigenvalue weighted by Gasteiger charge is -2.26. The molecule has 0 spiro atoms. The van der Waals surface area contributed by atoms with E-state index in [1.54, 1.807) is 36.2 Å². The zero-order valence-corrected chi connectivity index (χ0v) is 27.7. The van der Waals surface area contributed by atoms with Crippen molar-refractivity contribution in [3.63, 3.8) is 0 Å². The molecule has 3 amide bonds. The minimum Gasteiger partial charge on any atom is -0.481 e. The van der Waals surface area contributed by atoms with Crippen molar-refractivity contribution in [2.45, 2.75) is 55.1 Å². The van der Waals surface area contributed by atoms with Gasteiger partial charge < -0.3 is 19.7 Å². The highest BCUT2D eigenvalue weighted by molar-refractivity contribution is 7.90. The first-order chi connectivity index (χ1) is 23.1. The predicted octanol–water partition coefficient (Wildman–Crippen LogP) is 3.50. The van der Waals surface area contributed by atoms with Crippen molar-refractivity contribution >= 4 is 27.7 Å². The number of carbonyl (C=O) groups is 3. The molecule has 1 aliphatic heterocycles. The van der Waals surface area contributed by atoms with E-state index in [1.807, 2.05) is 42.5 Å². The van der Waals surface area contributed by atoms with Crippen LogP contribution in [0.4, 0.5) is 0 Å². The van der Waals surface area contributed by atoms with Gasteiger partial charge in [0.05, 0.1) is 29.9 Å². The molecule has 12 nitrogen and oxygen atoms in total. The van der Waals surface area contributed by atoms with Crippen LogP contribution in [0.2, 0.25) is 0 Å². The molecule has 5 atom stereocenters. The Morgan fingerprint density at radius 3 is 2.40 bits per heavy atom. The number of hydrogen-bond donors (Lipinski definition) is 2. The summed E-state index contributed by atoms with van der Waals surface area (Å²) in [6.07, 6.45) is 6.26. The molecule has 2 heterocycles. The number of allylic oxidation sites excluding steroid dienone is 1. The maximum Gasteiger partial charge on any atom is 0.264 e. The van der Waals surface area contributed by atoms with E-state index in [1.165, 1.54) is 19.2 Å². The third kappa shape index (κ3) is 7.05. The molecule has 1 aromatic heterocycles. The number of hydrogen-bond acceptors (Lipinski definition) is 9. The van der Waals surface area contributed by atoms with Crippen LogP contribution in [-0.2, 0) is 24.4 Å². The van der Waals surface area contributed by atoms with Gasteiger partial charge in [-0.1, -0.05) is 60.7 Å². The third-order valence-corrected chi connectivity index (χ3v) is 10.6. The van der Waals surface area contributed by atoms with Gasteiger partial charge in [-0.05, 0) is 50.7 Å². The lowest BCUT2D eigenvalue weighted by Crippen LogP contribution is -2.54. The zero-order chi connectivity index (χ0) is 33.9. The first-order valence-corrected chi connectivity index (χ1v) is 17.6. The highest BCUT2D eigenvalue weighted by atomic mass is 32.2. The first kappa shape index (κ1) is 33.1. The number of rotatable bonds is 7. The van der Waals surface area contributed by atoms with E-state index in [-0.39, 0.29) is 35.9 Å². The summed E-state index contributed by atoms with van der Waals surface area (Å²) in [7, 11) is -0.956. The summed E-state index contributed by atoms with van der Waals surface area (Å²) in [5.41, 5.74) is -0.703. The molecule has 2 aromatic carbocycles. The number of sulfonamides is 1. The van der Waals surface area contributed by atoms with Gasteiger partial charge in [-0.3, -0.25) is 14.4 Å². The first-order valence-electron chi connectivity index (χ1n) is 16.1. The van der Waals surface area contributed by atoms with Crippen LogP contribution in [0.1, 0.15) is 38.5 Å². The average molecular weight is 674 g/mol. The van der Waals surface area contributed by atoms with E-state index in [0.29, 0.717) is 18.2 Å². The number of aromatic nitrogens is 2. The zero-order valence-electron chi connectivity index (χ0n) is 26.9. The molecule has 3 aromatic rings. The van der Waals surface area contributed by atoms with Gasteiger partial charge in [-0.2, -0.15) is 9.97 Å². The SMILES string of the molecule is COc1cc(O[C@@H]2C[C@H]3C(=O)N[C@]4(C(=O)NS(=O)(=O)c5ccccc5)C[C@H]4C=CCCCCN(C)C(=O)[C@@H]3C2)nc(-c2ccccc2)n1. The fraction of sp³-hybridized carbons (Fsp3) is 0.400. The average Bonchev–Trinajstić information content (AvgIpc) is 3.63. The number of fused-ring (bicyclic) bond motifs is 2. The Morgan fingerprint density at radius 1 is 0.979 bits per heavy atom. The third-order valence-electron chi connectivity index (χ3n) is 9.29. The van der Waals surface area contributed by atoms with Gasteiger partial charge in [-0.15, -0.1) is 0 Å². The number of benzene rings is 2. The van der Waals surface area contributed by atoms with Gasteiger partial charge in [0.2, 0.25) is 23.6 Å². The second-order valence-corrected chi connectivity index (χ2v) is 14.2. The van der Waals surface area contributed by atoms with Crippen LogP contribution in [0.3, 0.4) is 0 Å². The number of nitrogens with one attached hydrogen (secondary N) is 2. The van der Waals surface area contributed by atoms with Crippen LogP contribution in [0.15, 0.2) is 83.8 Å². The van der Waals surface area contributed by atoms with Crippen LogP contribution in [0, 0.1) is 17.8 Å². The van der Waals surface area contributed by atoms with Crippen LogP contribution >= 0.6 is 0 Å². The summed E-state index contributed by atoms with van der Waals surface area (Å²) < 4.78 is 40.1. The lowest BCUT2D eigenvalue weighted by atomic mass is 9.93. The lowest BCUT2D eigenvalue weighted by molar-refractivity contribution is -0.140. The Hall–Kier alpha value is -4.78. The number of carbonyl (C=O) groups excluding carboxylic acids is 3. The van der Waals surface area contributed by atoms with Gasteiger partial charge in [0.25, 0.3) is 15.9 Å². The predicted molar refractivity (Wildman–Crippen MR) is 176 cm³/mol. The highest BCUT2D eigenvalue weighted by Crippen LogP contribution is 2.47. The molecule has 0 unspecified atom stereocenters. The minimum atomic E-state index is -4.18. The molecule has 0 saturated heterocycles. The van der Waals surface area contributed by atoms with Crippen molar-refractivity contribution in [2.75, 3.05) is 20.7 Å². The monoisotopic (exact) mass is 673 g/mol. The van der Waals surface area contributed by atoms with E-state index in [4.69, 9.17) is 9.47 Å². The number of methoxy groups -OCH3 is 1. The molecular weight excluding hydrogens is 634 g/mol. The van der Waals surface area contributed by atoms with E-state index >= 15 is 0 Å². The smallest absolute Gasteiger partial charge is 0.264 e. The molecule has 48 heavy (non-hydrogen) atoms. The quantitative estimate of drug-likeness (QED) is 0.359.